The number of hydrogen-bond donors (Lipinski definition) is 3. The van der Waals surface area contributed by atoms with E-state index >= 15 is 0 Å². The van der Waals surface area contributed by atoms with Gasteiger partial charge in [0.15, 0.2) is 5.96 Å². The lowest BCUT2D eigenvalue weighted by Crippen LogP contribution is -2.49. The van der Waals surface area contributed by atoms with E-state index in [1.807, 2.05) is 19.1 Å². The number of hydrogen-bond acceptors (Lipinski definition) is 5. The third-order valence-corrected chi connectivity index (χ3v) is 5.33. The second-order valence-corrected chi connectivity index (χ2v) is 7.56. The number of aliphatic imine (C=N–C) groups is 1. The number of nitrogens with one attached hydrogen (secondary N) is 3. The highest BCUT2D eigenvalue weighted by atomic mass is 16.5. The van der Waals surface area contributed by atoms with Gasteiger partial charge in [-0.25, -0.2) is 4.99 Å². The van der Waals surface area contributed by atoms with Crippen molar-refractivity contribution >= 4 is 17.8 Å². The molecule has 0 unspecified atom stereocenters. The molecule has 0 bridgehead atoms. The summed E-state index contributed by atoms with van der Waals surface area (Å²) in [4.78, 5) is 30.4. The molecule has 32 heavy (non-hydrogen) atoms. The molecule has 0 radical (unpaired) electrons. The lowest BCUT2D eigenvalue weighted by molar-refractivity contribution is -0.123. The molecule has 0 saturated carbocycles. The molecule has 3 N–H and O–H groups in total. The Morgan fingerprint density at radius 2 is 1.97 bits per heavy atom. The average Bonchev–Trinajstić information content (AvgIpc) is 3.22. The van der Waals surface area contributed by atoms with E-state index in [9.17, 15) is 9.59 Å². The van der Waals surface area contributed by atoms with Crippen molar-refractivity contribution in [3.05, 3.63) is 52.4 Å². The summed E-state index contributed by atoms with van der Waals surface area (Å²) in [5.74, 6) is 1.35. The van der Waals surface area contributed by atoms with Crippen molar-refractivity contribution in [2.75, 3.05) is 26.2 Å². The number of carbonyl (C=O) groups is 2. The van der Waals surface area contributed by atoms with Crippen molar-refractivity contribution in [3.8, 4) is 0 Å². The van der Waals surface area contributed by atoms with Crippen molar-refractivity contribution in [3.63, 3.8) is 0 Å². The number of guanidine groups is 1. The van der Waals surface area contributed by atoms with E-state index in [4.69, 9.17) is 4.52 Å². The fourth-order valence-electron chi connectivity index (χ4n) is 3.57. The highest BCUT2D eigenvalue weighted by molar-refractivity contribution is 5.97. The van der Waals surface area contributed by atoms with Crippen molar-refractivity contribution in [2.45, 2.75) is 46.7 Å². The van der Waals surface area contributed by atoms with Crippen LogP contribution in [-0.4, -0.2) is 54.0 Å². The van der Waals surface area contributed by atoms with Gasteiger partial charge in [0.05, 0.1) is 18.8 Å². The molecule has 0 spiro atoms. The largest absolute Gasteiger partial charge is 0.361 e. The second-order valence-electron chi connectivity index (χ2n) is 7.56. The monoisotopic (exact) mass is 440 g/mol. The Labute approximate surface area is 188 Å². The smallest absolute Gasteiger partial charge is 0.254 e. The molecule has 172 valence electrons. The minimum absolute atomic E-state index is 0.105. The first-order chi connectivity index (χ1) is 15.5. The fraction of sp³-hybridized carbons (Fsp3) is 0.478. The first kappa shape index (κ1) is 23.3. The predicted octanol–water partition coefficient (Wildman–Crippen LogP) is 1.63. The second kappa shape index (κ2) is 11.3. The first-order valence-corrected chi connectivity index (χ1v) is 11.2. The van der Waals surface area contributed by atoms with Crippen molar-refractivity contribution in [1.82, 2.24) is 26.0 Å². The van der Waals surface area contributed by atoms with Gasteiger partial charge in [0.25, 0.3) is 5.91 Å². The molecule has 1 aromatic carbocycles. The van der Waals surface area contributed by atoms with E-state index in [1.54, 1.807) is 17.0 Å². The fourth-order valence-corrected chi connectivity index (χ4v) is 3.57. The number of benzene rings is 1. The summed E-state index contributed by atoms with van der Waals surface area (Å²) in [6.45, 7) is 9.08. The van der Waals surface area contributed by atoms with Crippen molar-refractivity contribution < 1.29 is 14.1 Å². The van der Waals surface area contributed by atoms with E-state index < -0.39 is 0 Å². The molecule has 2 heterocycles. The normalized spacial score (nSPS) is 14.3. The SMILES string of the molecule is CCNC(=NCc1ccc(C(=O)N2CCNC(=O)C2)cc1)NCc1c(CC)noc1CC. The van der Waals surface area contributed by atoms with E-state index in [1.165, 1.54) is 0 Å². The van der Waals surface area contributed by atoms with Crippen LogP contribution in [0.15, 0.2) is 33.8 Å². The zero-order valence-corrected chi connectivity index (χ0v) is 19.0. The van der Waals surface area contributed by atoms with Gasteiger partial charge in [-0.1, -0.05) is 31.1 Å². The van der Waals surface area contributed by atoms with Gasteiger partial charge in [-0.3, -0.25) is 9.59 Å². The molecule has 3 rings (SSSR count). The quantitative estimate of drug-likeness (QED) is 0.425. The number of carbonyl (C=O) groups excluding carboxylic acids is 2. The standard InChI is InChI=1S/C23H32N6O3/c1-4-19-18(20(5-2)32-28-19)14-27-23(24-6-3)26-13-16-7-9-17(10-8-16)22(31)29-12-11-25-21(30)15-29/h7-10H,4-6,11-15H2,1-3H3,(H,25,30)(H2,24,26,27). The van der Waals surface area contributed by atoms with E-state index in [2.05, 4.69) is 39.9 Å². The van der Waals surface area contributed by atoms with Gasteiger partial charge in [0, 0.05) is 43.7 Å². The van der Waals surface area contributed by atoms with Gasteiger partial charge in [0.2, 0.25) is 5.91 Å². The van der Waals surface area contributed by atoms with Gasteiger partial charge in [-0.05, 0) is 31.0 Å². The molecule has 1 saturated heterocycles. The Bertz CT molecular complexity index is 930. The lowest BCUT2D eigenvalue weighted by Gasteiger charge is -2.26. The number of amides is 2. The summed E-state index contributed by atoms with van der Waals surface area (Å²) >= 11 is 0. The van der Waals surface area contributed by atoms with Crippen LogP contribution in [0.1, 0.15) is 53.7 Å². The number of piperazine rings is 1. The lowest BCUT2D eigenvalue weighted by atomic mass is 10.1. The van der Waals surface area contributed by atoms with Crippen LogP contribution in [0.5, 0.6) is 0 Å². The topological polar surface area (TPSA) is 112 Å². The summed E-state index contributed by atoms with van der Waals surface area (Å²) in [5, 5.41) is 13.5. The number of rotatable bonds is 8. The number of aryl methyl sites for hydroxylation is 2. The molecule has 9 heteroatoms. The van der Waals surface area contributed by atoms with E-state index in [0.29, 0.717) is 37.7 Å². The Kier molecular flexibility index (Phi) is 8.24. The summed E-state index contributed by atoms with van der Waals surface area (Å²) in [6.07, 6.45) is 1.62. The zero-order chi connectivity index (χ0) is 22.9. The highest BCUT2D eigenvalue weighted by Crippen LogP contribution is 2.15. The molecule has 2 aromatic rings. The third-order valence-electron chi connectivity index (χ3n) is 5.33. The van der Waals surface area contributed by atoms with Crippen LogP contribution in [0, 0.1) is 0 Å². The summed E-state index contributed by atoms with van der Waals surface area (Å²) in [7, 11) is 0. The van der Waals surface area contributed by atoms with Gasteiger partial charge >= 0.3 is 0 Å². The molecular weight excluding hydrogens is 408 g/mol. The van der Waals surface area contributed by atoms with E-state index in [-0.39, 0.29) is 18.4 Å². The Morgan fingerprint density at radius 3 is 2.62 bits per heavy atom. The first-order valence-electron chi connectivity index (χ1n) is 11.2. The molecule has 9 nitrogen and oxygen atoms in total. The van der Waals surface area contributed by atoms with E-state index in [0.717, 1.165) is 42.0 Å². The Hall–Kier alpha value is -3.36. The summed E-state index contributed by atoms with van der Waals surface area (Å²) in [6, 6.07) is 7.37. The third kappa shape index (κ3) is 5.87. The van der Waals surface area contributed by atoms with Crippen LogP contribution in [0.3, 0.4) is 0 Å². The maximum Gasteiger partial charge on any atom is 0.254 e. The van der Waals surface area contributed by atoms with Crippen LogP contribution in [0.25, 0.3) is 0 Å². The molecule has 1 aliphatic heterocycles. The molecular formula is C23H32N6O3. The summed E-state index contributed by atoms with van der Waals surface area (Å²) < 4.78 is 5.43. The van der Waals surface area contributed by atoms with Crippen LogP contribution < -0.4 is 16.0 Å². The van der Waals surface area contributed by atoms with Crippen LogP contribution >= 0.6 is 0 Å². The van der Waals surface area contributed by atoms with Crippen LogP contribution in [0.4, 0.5) is 0 Å². The molecule has 0 atom stereocenters. The van der Waals surface area contributed by atoms with Crippen molar-refractivity contribution in [2.24, 2.45) is 4.99 Å². The maximum absolute atomic E-state index is 12.6. The average molecular weight is 441 g/mol. The zero-order valence-electron chi connectivity index (χ0n) is 19.0. The molecule has 1 aliphatic rings. The minimum atomic E-state index is -0.128. The van der Waals surface area contributed by atoms with Gasteiger partial charge in [-0.2, -0.15) is 0 Å². The maximum atomic E-state index is 12.6. The van der Waals surface area contributed by atoms with Gasteiger partial charge in [0.1, 0.15) is 5.76 Å². The summed E-state index contributed by atoms with van der Waals surface area (Å²) in [5.41, 5.74) is 3.62. The Morgan fingerprint density at radius 1 is 1.19 bits per heavy atom. The molecule has 2 amide bonds. The Balaban J connectivity index is 1.62. The highest BCUT2D eigenvalue weighted by Gasteiger charge is 2.22. The molecule has 1 aromatic heterocycles. The van der Waals surface area contributed by atoms with Crippen LogP contribution in [0.2, 0.25) is 0 Å². The minimum Gasteiger partial charge on any atom is -0.361 e. The van der Waals surface area contributed by atoms with Crippen molar-refractivity contribution in [1.29, 1.82) is 0 Å². The predicted molar refractivity (Wildman–Crippen MR) is 122 cm³/mol. The number of nitrogens with zero attached hydrogens (tertiary/aromatic N) is 3. The van der Waals surface area contributed by atoms with Gasteiger partial charge in [-0.15, -0.1) is 0 Å². The van der Waals surface area contributed by atoms with Gasteiger partial charge < -0.3 is 25.4 Å². The number of aromatic nitrogens is 1. The molecule has 1 fully saturated rings. The molecule has 0 aliphatic carbocycles. The van der Waals surface area contributed by atoms with Crippen LogP contribution in [-0.2, 0) is 30.7 Å².